The molecule has 1 aliphatic heterocycles. The molecule has 0 spiro atoms. The Morgan fingerprint density at radius 2 is 2.30 bits per heavy atom. The highest BCUT2D eigenvalue weighted by atomic mass is 16.1. The van der Waals surface area contributed by atoms with E-state index in [1.54, 1.807) is 30.6 Å². The molecular formula is C7H8N2O. The molecular weight excluding hydrogens is 128 g/mol. The van der Waals surface area contributed by atoms with Crippen molar-refractivity contribution in [1.82, 2.24) is 5.32 Å². The first kappa shape index (κ1) is 6.61. The number of allylic oxidation sites excluding steroid dienone is 2. The Hall–Kier alpha value is -1.51. The zero-order chi connectivity index (χ0) is 7.40. The van der Waals surface area contributed by atoms with Crippen molar-refractivity contribution in [3.05, 3.63) is 36.2 Å². The van der Waals surface area contributed by atoms with Gasteiger partial charge in [-0.25, -0.2) is 0 Å². The molecule has 10 heavy (non-hydrogen) atoms. The van der Waals surface area contributed by atoms with Gasteiger partial charge in [0.25, 0.3) is 0 Å². The molecule has 1 heterocycles. The highest BCUT2D eigenvalue weighted by molar-refractivity contribution is 5.95. The number of carbonyl (C=O) groups is 1. The maximum atomic E-state index is 10.5. The minimum Gasteiger partial charge on any atom is -0.368 e. The van der Waals surface area contributed by atoms with Crippen LogP contribution in [0.1, 0.15) is 0 Å². The molecule has 3 N–H and O–H groups in total. The summed E-state index contributed by atoms with van der Waals surface area (Å²) in [5.41, 5.74) is 5.52. The molecule has 1 amide bonds. The molecule has 0 fully saturated rings. The Morgan fingerprint density at radius 3 is 3.00 bits per heavy atom. The van der Waals surface area contributed by atoms with E-state index < -0.39 is 5.91 Å². The molecule has 0 aliphatic carbocycles. The third kappa shape index (κ3) is 1.48. The maximum absolute atomic E-state index is 10.5. The summed E-state index contributed by atoms with van der Waals surface area (Å²) >= 11 is 0. The third-order valence-corrected chi connectivity index (χ3v) is 1.11. The van der Waals surface area contributed by atoms with E-state index in [9.17, 15) is 4.79 Å². The fourth-order valence-corrected chi connectivity index (χ4v) is 0.621. The first-order valence-corrected chi connectivity index (χ1v) is 2.90. The number of primary amides is 1. The predicted octanol–water partition coefficient (Wildman–Crippen LogP) is 0.0287. The molecule has 1 rings (SSSR count). The molecule has 0 saturated carbocycles. The minimum atomic E-state index is -0.412. The van der Waals surface area contributed by atoms with Gasteiger partial charge in [-0.2, -0.15) is 0 Å². The van der Waals surface area contributed by atoms with Crippen LogP contribution in [-0.2, 0) is 4.79 Å². The first-order valence-electron chi connectivity index (χ1n) is 2.90. The van der Waals surface area contributed by atoms with Crippen LogP contribution >= 0.6 is 0 Å². The number of hydrogen-bond acceptors (Lipinski definition) is 2. The van der Waals surface area contributed by atoms with E-state index in [-0.39, 0.29) is 0 Å². The van der Waals surface area contributed by atoms with Gasteiger partial charge in [-0.05, 0) is 18.2 Å². The third-order valence-electron chi connectivity index (χ3n) is 1.11. The summed E-state index contributed by atoms with van der Waals surface area (Å²) in [6.45, 7) is 0. The number of nitrogens with one attached hydrogen (secondary N) is 1. The van der Waals surface area contributed by atoms with Gasteiger partial charge in [0.15, 0.2) is 0 Å². The molecule has 0 atom stereocenters. The van der Waals surface area contributed by atoms with Crippen LogP contribution in [-0.4, -0.2) is 5.91 Å². The smallest absolute Gasteiger partial charge is 0.248 e. The Balaban J connectivity index is 2.83. The van der Waals surface area contributed by atoms with Crippen molar-refractivity contribution in [3.63, 3.8) is 0 Å². The summed E-state index contributed by atoms with van der Waals surface area (Å²) in [6.07, 6.45) is 8.37. The lowest BCUT2D eigenvalue weighted by atomic mass is 10.2. The van der Waals surface area contributed by atoms with Crippen LogP contribution in [0.25, 0.3) is 0 Å². The van der Waals surface area contributed by atoms with Crippen molar-refractivity contribution in [2.45, 2.75) is 0 Å². The predicted molar refractivity (Wildman–Crippen MR) is 38.7 cm³/mol. The van der Waals surface area contributed by atoms with Gasteiger partial charge in [0.05, 0.1) is 0 Å². The molecule has 52 valence electrons. The van der Waals surface area contributed by atoms with Gasteiger partial charge >= 0.3 is 0 Å². The zero-order valence-corrected chi connectivity index (χ0v) is 5.37. The van der Waals surface area contributed by atoms with Gasteiger partial charge in [0.2, 0.25) is 5.91 Å². The van der Waals surface area contributed by atoms with Crippen LogP contribution in [0.4, 0.5) is 0 Å². The van der Waals surface area contributed by atoms with Crippen molar-refractivity contribution in [1.29, 1.82) is 0 Å². The average Bonchev–Trinajstić information content (AvgIpc) is 2.12. The Labute approximate surface area is 58.9 Å². The van der Waals surface area contributed by atoms with Crippen LogP contribution in [0.5, 0.6) is 0 Å². The Kier molecular flexibility index (Phi) is 1.89. The van der Waals surface area contributed by atoms with Gasteiger partial charge in [-0.3, -0.25) is 4.79 Å². The van der Waals surface area contributed by atoms with Gasteiger partial charge in [0, 0.05) is 18.0 Å². The van der Waals surface area contributed by atoms with Gasteiger partial charge in [-0.1, -0.05) is 0 Å². The van der Waals surface area contributed by atoms with Crippen LogP contribution in [0, 0.1) is 0 Å². The Morgan fingerprint density at radius 1 is 1.50 bits per heavy atom. The second-order valence-electron chi connectivity index (χ2n) is 1.85. The summed E-state index contributed by atoms with van der Waals surface area (Å²) < 4.78 is 0. The van der Waals surface area contributed by atoms with E-state index in [2.05, 4.69) is 5.32 Å². The second kappa shape index (κ2) is 2.87. The number of amides is 1. The number of rotatable bonds is 1. The zero-order valence-electron chi connectivity index (χ0n) is 5.37. The van der Waals surface area contributed by atoms with Crippen LogP contribution < -0.4 is 11.1 Å². The van der Waals surface area contributed by atoms with E-state index in [4.69, 9.17) is 5.73 Å². The van der Waals surface area contributed by atoms with Crippen molar-refractivity contribution < 1.29 is 4.79 Å². The maximum Gasteiger partial charge on any atom is 0.248 e. The highest BCUT2D eigenvalue weighted by Crippen LogP contribution is 1.97. The Bertz CT molecular complexity index is 226. The molecule has 0 aromatic carbocycles. The SMILES string of the molecule is NC(=O)C1=CC=CNC=C1. The van der Waals surface area contributed by atoms with Gasteiger partial charge in [0.1, 0.15) is 0 Å². The highest BCUT2D eigenvalue weighted by Gasteiger charge is 1.98. The number of hydrogen-bond donors (Lipinski definition) is 2. The summed E-state index contributed by atoms with van der Waals surface area (Å²) in [6, 6.07) is 0. The molecule has 1 aliphatic rings. The van der Waals surface area contributed by atoms with E-state index in [1.807, 2.05) is 0 Å². The summed E-state index contributed by atoms with van der Waals surface area (Å²) in [4.78, 5) is 10.5. The van der Waals surface area contributed by atoms with Crippen LogP contribution in [0.15, 0.2) is 36.2 Å². The molecule has 0 aromatic rings. The van der Waals surface area contributed by atoms with E-state index >= 15 is 0 Å². The van der Waals surface area contributed by atoms with Gasteiger partial charge in [-0.15, -0.1) is 0 Å². The van der Waals surface area contributed by atoms with E-state index in [1.165, 1.54) is 0 Å². The van der Waals surface area contributed by atoms with Crippen LogP contribution in [0.3, 0.4) is 0 Å². The molecule has 0 unspecified atom stereocenters. The topological polar surface area (TPSA) is 55.1 Å². The van der Waals surface area contributed by atoms with Crippen LogP contribution in [0.2, 0.25) is 0 Å². The first-order chi connectivity index (χ1) is 4.80. The molecule has 3 heteroatoms. The normalized spacial score (nSPS) is 15.4. The van der Waals surface area contributed by atoms with Gasteiger partial charge < -0.3 is 11.1 Å². The lowest BCUT2D eigenvalue weighted by Crippen LogP contribution is -2.12. The molecule has 0 radical (unpaired) electrons. The molecule has 0 aromatic heterocycles. The standard InChI is InChI=1S/C7H8N2O/c8-7(10)6-2-1-4-9-5-3-6/h1-5,9H,(H2,8,10). The quantitative estimate of drug-likeness (QED) is 0.534. The number of nitrogens with two attached hydrogens (primary N) is 1. The average molecular weight is 136 g/mol. The molecule has 0 saturated heterocycles. The van der Waals surface area contributed by atoms with E-state index in [0.29, 0.717) is 5.57 Å². The minimum absolute atomic E-state index is 0.412. The largest absolute Gasteiger partial charge is 0.368 e. The summed E-state index contributed by atoms with van der Waals surface area (Å²) in [5.74, 6) is -0.412. The van der Waals surface area contributed by atoms with Crippen molar-refractivity contribution in [2.24, 2.45) is 5.73 Å². The lowest BCUT2D eigenvalue weighted by Gasteiger charge is -1.89. The lowest BCUT2D eigenvalue weighted by molar-refractivity contribution is -0.114. The fourth-order valence-electron chi connectivity index (χ4n) is 0.621. The van der Waals surface area contributed by atoms with Crippen molar-refractivity contribution >= 4 is 5.91 Å². The summed E-state index contributed by atoms with van der Waals surface area (Å²) in [7, 11) is 0. The fraction of sp³-hybridized carbons (Fsp3) is 0. The monoisotopic (exact) mass is 136 g/mol. The molecule has 3 nitrogen and oxygen atoms in total. The summed E-state index contributed by atoms with van der Waals surface area (Å²) in [5, 5.41) is 2.81. The van der Waals surface area contributed by atoms with Crippen molar-refractivity contribution in [3.8, 4) is 0 Å². The second-order valence-corrected chi connectivity index (χ2v) is 1.85. The van der Waals surface area contributed by atoms with E-state index in [0.717, 1.165) is 0 Å². The number of carbonyl (C=O) groups excluding carboxylic acids is 1. The van der Waals surface area contributed by atoms with Crippen molar-refractivity contribution in [2.75, 3.05) is 0 Å². The molecule has 0 bridgehead atoms.